The molecule has 0 saturated carbocycles. The fraction of sp³-hybridized carbons (Fsp3) is 0.400. The summed E-state index contributed by atoms with van der Waals surface area (Å²) in [6, 6.07) is 5.22. The second kappa shape index (κ2) is 5.61. The van der Waals surface area contributed by atoms with E-state index >= 15 is 0 Å². The van der Waals surface area contributed by atoms with Gasteiger partial charge in [-0.25, -0.2) is 8.42 Å². The number of aromatic nitrogens is 2. The van der Waals surface area contributed by atoms with Gasteiger partial charge in [-0.2, -0.15) is 9.40 Å². The molecule has 3 heterocycles. The fourth-order valence-corrected chi connectivity index (χ4v) is 4.98. The van der Waals surface area contributed by atoms with Gasteiger partial charge in [0.2, 0.25) is 10.0 Å². The van der Waals surface area contributed by atoms with Crippen molar-refractivity contribution in [3.63, 3.8) is 0 Å². The number of benzene rings is 1. The zero-order valence-electron chi connectivity index (χ0n) is 12.4. The zero-order chi connectivity index (χ0) is 16.0. The van der Waals surface area contributed by atoms with Crippen LogP contribution in [0.25, 0.3) is 0 Å². The summed E-state index contributed by atoms with van der Waals surface area (Å²) >= 11 is 3.37. The van der Waals surface area contributed by atoms with E-state index in [9.17, 15) is 8.42 Å². The summed E-state index contributed by atoms with van der Waals surface area (Å²) < 4.78 is 35.4. The van der Waals surface area contributed by atoms with Gasteiger partial charge in [-0.05, 0) is 46.1 Å². The minimum atomic E-state index is -3.47. The highest BCUT2D eigenvalue weighted by molar-refractivity contribution is 9.10. The number of rotatable bonds is 3. The minimum absolute atomic E-state index is 0.0776. The molecule has 1 unspecified atom stereocenters. The third kappa shape index (κ3) is 2.68. The molecule has 2 aromatic rings. The number of hydrogen-bond acceptors (Lipinski definition) is 4. The van der Waals surface area contributed by atoms with Crippen molar-refractivity contribution >= 4 is 26.0 Å². The van der Waals surface area contributed by atoms with Crippen molar-refractivity contribution in [3.05, 3.63) is 40.6 Å². The first-order valence-electron chi connectivity index (χ1n) is 7.49. The Labute approximate surface area is 143 Å². The van der Waals surface area contributed by atoms with E-state index in [-0.39, 0.29) is 6.04 Å². The molecule has 122 valence electrons. The molecule has 8 heteroatoms. The lowest BCUT2D eigenvalue weighted by Gasteiger charge is -2.17. The molecule has 6 nitrogen and oxygen atoms in total. The molecule has 4 rings (SSSR count). The zero-order valence-corrected chi connectivity index (χ0v) is 14.8. The maximum absolute atomic E-state index is 12.9. The molecule has 1 aromatic carbocycles. The fourth-order valence-electron chi connectivity index (χ4n) is 3.13. The predicted octanol–water partition coefficient (Wildman–Crippen LogP) is 2.22. The standard InChI is InChI=1S/C15H16BrN3O3S/c16-12-8-17-19(9-12)13-3-5-18(10-13)23(20,21)14-1-2-15-11(7-14)4-6-22-15/h1-2,7-9,13H,3-6,10H2. The summed E-state index contributed by atoms with van der Waals surface area (Å²) in [7, 11) is -3.47. The van der Waals surface area contributed by atoms with Crippen LogP contribution in [-0.2, 0) is 16.4 Å². The SMILES string of the molecule is O=S(=O)(c1ccc2c(c1)CCO2)N1CCC(n2cc(Br)cn2)C1. The summed E-state index contributed by atoms with van der Waals surface area (Å²) in [6.45, 7) is 1.58. The first kappa shape index (κ1) is 15.2. The van der Waals surface area contributed by atoms with E-state index in [2.05, 4.69) is 21.0 Å². The monoisotopic (exact) mass is 397 g/mol. The van der Waals surface area contributed by atoms with Gasteiger partial charge >= 0.3 is 0 Å². The summed E-state index contributed by atoms with van der Waals surface area (Å²) in [6.07, 6.45) is 5.13. The highest BCUT2D eigenvalue weighted by atomic mass is 79.9. The lowest BCUT2D eigenvalue weighted by atomic mass is 10.2. The van der Waals surface area contributed by atoms with Crippen LogP contribution >= 0.6 is 15.9 Å². The van der Waals surface area contributed by atoms with Crippen LogP contribution in [0.2, 0.25) is 0 Å². The van der Waals surface area contributed by atoms with E-state index in [0.717, 1.165) is 28.6 Å². The molecule has 1 fully saturated rings. The van der Waals surface area contributed by atoms with E-state index in [1.54, 1.807) is 28.7 Å². The Balaban J connectivity index is 1.57. The van der Waals surface area contributed by atoms with Crippen LogP contribution < -0.4 is 4.74 Å². The molecule has 0 bridgehead atoms. The Kier molecular flexibility index (Phi) is 3.70. The van der Waals surface area contributed by atoms with Crippen molar-refractivity contribution < 1.29 is 13.2 Å². The van der Waals surface area contributed by atoms with Crippen LogP contribution in [0.5, 0.6) is 5.75 Å². The maximum Gasteiger partial charge on any atom is 0.243 e. The van der Waals surface area contributed by atoms with Crippen LogP contribution in [0.15, 0.2) is 40.0 Å². The van der Waals surface area contributed by atoms with Gasteiger partial charge in [0.25, 0.3) is 0 Å². The molecule has 0 N–H and O–H groups in total. The largest absolute Gasteiger partial charge is 0.493 e. The summed E-state index contributed by atoms with van der Waals surface area (Å²) in [4.78, 5) is 0.351. The number of halogens is 1. The first-order chi connectivity index (χ1) is 11.0. The maximum atomic E-state index is 12.9. The van der Waals surface area contributed by atoms with Crippen molar-refractivity contribution in [2.45, 2.75) is 23.8 Å². The molecular weight excluding hydrogens is 382 g/mol. The molecule has 2 aliphatic rings. The van der Waals surface area contributed by atoms with E-state index in [1.807, 2.05) is 10.9 Å². The topological polar surface area (TPSA) is 64.4 Å². The van der Waals surface area contributed by atoms with Gasteiger partial charge in [0.1, 0.15) is 5.75 Å². The Bertz CT molecular complexity index is 849. The van der Waals surface area contributed by atoms with Gasteiger partial charge in [0.05, 0.1) is 28.2 Å². The van der Waals surface area contributed by atoms with Gasteiger partial charge in [-0.1, -0.05) is 0 Å². The molecule has 23 heavy (non-hydrogen) atoms. The number of hydrogen-bond donors (Lipinski definition) is 0. The van der Waals surface area contributed by atoms with Gasteiger partial charge in [0, 0.05) is 25.7 Å². The number of nitrogens with zero attached hydrogens (tertiary/aromatic N) is 3. The second-order valence-corrected chi connectivity index (χ2v) is 8.67. The molecule has 1 atom stereocenters. The summed E-state index contributed by atoms with van der Waals surface area (Å²) in [5, 5.41) is 4.27. The first-order valence-corrected chi connectivity index (χ1v) is 9.73. The van der Waals surface area contributed by atoms with Gasteiger partial charge in [-0.15, -0.1) is 0 Å². The van der Waals surface area contributed by atoms with Crippen LogP contribution in [0, 0.1) is 0 Å². The van der Waals surface area contributed by atoms with Crippen molar-refractivity contribution in [2.75, 3.05) is 19.7 Å². The van der Waals surface area contributed by atoms with Crippen molar-refractivity contribution in [2.24, 2.45) is 0 Å². The number of sulfonamides is 1. The second-order valence-electron chi connectivity index (χ2n) is 5.81. The van der Waals surface area contributed by atoms with E-state index in [4.69, 9.17) is 4.74 Å². The highest BCUT2D eigenvalue weighted by Gasteiger charge is 2.34. The van der Waals surface area contributed by atoms with Crippen molar-refractivity contribution in [3.8, 4) is 5.75 Å². The van der Waals surface area contributed by atoms with Gasteiger partial charge in [0.15, 0.2) is 0 Å². The van der Waals surface area contributed by atoms with E-state index in [0.29, 0.717) is 24.6 Å². The molecule has 0 amide bonds. The lowest BCUT2D eigenvalue weighted by Crippen LogP contribution is -2.29. The Hall–Kier alpha value is -1.38. The quantitative estimate of drug-likeness (QED) is 0.796. The minimum Gasteiger partial charge on any atom is -0.493 e. The smallest absolute Gasteiger partial charge is 0.243 e. The average Bonchev–Trinajstić information content (AvgIpc) is 3.26. The molecule has 0 aliphatic carbocycles. The normalized spacial score (nSPS) is 21.3. The summed E-state index contributed by atoms with van der Waals surface area (Å²) in [5.74, 6) is 0.796. The summed E-state index contributed by atoms with van der Waals surface area (Å²) in [5.41, 5.74) is 0.970. The number of ether oxygens (including phenoxy) is 1. The van der Waals surface area contributed by atoms with Crippen LogP contribution in [0.3, 0.4) is 0 Å². The van der Waals surface area contributed by atoms with Gasteiger partial charge < -0.3 is 4.74 Å². The number of fused-ring (bicyclic) bond motifs is 1. The molecule has 1 saturated heterocycles. The van der Waals surface area contributed by atoms with Crippen molar-refractivity contribution in [1.82, 2.24) is 14.1 Å². The molecule has 0 spiro atoms. The van der Waals surface area contributed by atoms with Crippen LogP contribution in [0.1, 0.15) is 18.0 Å². The molecule has 1 aromatic heterocycles. The third-order valence-corrected chi connectivity index (χ3v) is 6.64. The molecular formula is C15H16BrN3O3S. The van der Waals surface area contributed by atoms with Gasteiger partial charge in [-0.3, -0.25) is 4.68 Å². The Morgan fingerprint density at radius 3 is 3.00 bits per heavy atom. The predicted molar refractivity (Wildman–Crippen MR) is 88.0 cm³/mol. The average molecular weight is 398 g/mol. The van der Waals surface area contributed by atoms with E-state index < -0.39 is 10.0 Å². The van der Waals surface area contributed by atoms with Crippen LogP contribution in [0.4, 0.5) is 0 Å². The highest BCUT2D eigenvalue weighted by Crippen LogP contribution is 2.31. The Morgan fingerprint density at radius 2 is 2.22 bits per heavy atom. The Morgan fingerprint density at radius 1 is 1.35 bits per heavy atom. The molecule has 2 aliphatic heterocycles. The van der Waals surface area contributed by atoms with E-state index in [1.165, 1.54) is 0 Å². The third-order valence-electron chi connectivity index (χ3n) is 4.37. The van der Waals surface area contributed by atoms with Crippen molar-refractivity contribution in [1.29, 1.82) is 0 Å². The molecule has 0 radical (unpaired) electrons. The lowest BCUT2D eigenvalue weighted by molar-refractivity contribution is 0.356. The van der Waals surface area contributed by atoms with Crippen LogP contribution in [-0.4, -0.2) is 42.2 Å².